The predicted octanol–water partition coefficient (Wildman–Crippen LogP) is 3.29. The number of anilines is 2. The molecule has 0 bridgehead atoms. The third-order valence-electron chi connectivity index (χ3n) is 8.23. The van der Waals surface area contributed by atoms with Crippen molar-refractivity contribution in [3.8, 4) is 11.5 Å². The average Bonchev–Trinajstić information content (AvgIpc) is 3.00. The van der Waals surface area contributed by atoms with Crippen LogP contribution in [0.15, 0.2) is 42.9 Å². The number of hydrogen-bond acceptors (Lipinski definition) is 10. The van der Waals surface area contributed by atoms with E-state index in [9.17, 15) is 0 Å². The standard InChI is InChI=1S/C30H41N7O3/c1-35-10-12-36(13-11-35)14-19-39-26-6-7-29(33-22-26)34-23-2-4-25(5-3-23)40-28-21-24(37-15-17-38-18-16-37)20-27-30(28)32-9-8-31-27/h6-9,20-23,25H,2-5,10-19H2,1H3,(H,33,34)/t23-,25+. The Morgan fingerprint density at radius 2 is 1.73 bits per heavy atom. The van der Waals surface area contributed by atoms with Crippen LogP contribution in [0.1, 0.15) is 25.7 Å². The number of likely N-dealkylation sites (N-methyl/N-ethyl adjacent to an activating group) is 1. The Morgan fingerprint density at radius 3 is 2.50 bits per heavy atom. The second-order valence-corrected chi connectivity index (χ2v) is 11.1. The van der Waals surface area contributed by atoms with Crippen LogP contribution < -0.4 is 19.7 Å². The van der Waals surface area contributed by atoms with Crippen molar-refractivity contribution in [3.05, 3.63) is 42.9 Å². The molecule has 214 valence electrons. The molecule has 1 aromatic carbocycles. The van der Waals surface area contributed by atoms with Crippen molar-refractivity contribution in [3.63, 3.8) is 0 Å². The molecule has 0 radical (unpaired) electrons. The van der Waals surface area contributed by atoms with Gasteiger partial charge in [0, 0.05) is 76.0 Å². The quantitative estimate of drug-likeness (QED) is 0.431. The molecule has 40 heavy (non-hydrogen) atoms. The molecule has 4 heterocycles. The minimum atomic E-state index is 0.159. The van der Waals surface area contributed by atoms with E-state index in [0.29, 0.717) is 12.6 Å². The summed E-state index contributed by atoms with van der Waals surface area (Å²) in [4.78, 5) is 20.9. The molecule has 1 aliphatic carbocycles. The fourth-order valence-electron chi connectivity index (χ4n) is 5.75. The average molecular weight is 548 g/mol. The summed E-state index contributed by atoms with van der Waals surface area (Å²) in [7, 11) is 2.18. The molecule has 10 heteroatoms. The number of nitrogens with one attached hydrogen (secondary N) is 1. The summed E-state index contributed by atoms with van der Waals surface area (Å²) < 4.78 is 18.1. The van der Waals surface area contributed by atoms with Crippen LogP contribution >= 0.6 is 0 Å². The van der Waals surface area contributed by atoms with Gasteiger partial charge in [-0.15, -0.1) is 0 Å². The van der Waals surface area contributed by atoms with E-state index in [0.717, 1.165) is 119 Å². The lowest BCUT2D eigenvalue weighted by molar-refractivity contribution is 0.122. The van der Waals surface area contributed by atoms with Gasteiger partial charge in [0.2, 0.25) is 0 Å². The molecule has 0 spiro atoms. The third-order valence-corrected chi connectivity index (χ3v) is 8.23. The minimum Gasteiger partial charge on any atom is -0.491 e. The Kier molecular flexibility index (Phi) is 8.75. The van der Waals surface area contributed by atoms with E-state index in [1.165, 1.54) is 0 Å². The SMILES string of the molecule is CN1CCN(CCOc2ccc(N[C@H]3CC[C@@H](Oc4cc(N5CCOCC5)cc5nccnc45)CC3)nc2)CC1. The Hall–Kier alpha value is -3.21. The van der Waals surface area contributed by atoms with Crippen molar-refractivity contribution >= 4 is 22.5 Å². The zero-order chi connectivity index (χ0) is 27.1. The van der Waals surface area contributed by atoms with Crippen LogP contribution in [0.4, 0.5) is 11.5 Å². The zero-order valence-corrected chi connectivity index (χ0v) is 23.5. The van der Waals surface area contributed by atoms with Gasteiger partial charge in [0.05, 0.1) is 31.0 Å². The second-order valence-electron chi connectivity index (χ2n) is 11.1. The van der Waals surface area contributed by atoms with Gasteiger partial charge in [-0.3, -0.25) is 9.88 Å². The molecule has 2 aliphatic heterocycles. The molecule has 3 aromatic rings. The van der Waals surface area contributed by atoms with Gasteiger partial charge in [0.25, 0.3) is 0 Å². The van der Waals surface area contributed by atoms with Crippen LogP contribution in [0.5, 0.6) is 11.5 Å². The molecule has 2 aromatic heterocycles. The van der Waals surface area contributed by atoms with Crippen molar-refractivity contribution in [2.75, 3.05) is 82.9 Å². The van der Waals surface area contributed by atoms with Crippen molar-refractivity contribution in [2.24, 2.45) is 0 Å². The first-order valence-corrected chi connectivity index (χ1v) is 14.7. The maximum Gasteiger partial charge on any atom is 0.149 e. The number of rotatable bonds is 9. The lowest BCUT2D eigenvalue weighted by Crippen LogP contribution is -2.45. The van der Waals surface area contributed by atoms with Crippen molar-refractivity contribution in [1.29, 1.82) is 0 Å². The van der Waals surface area contributed by atoms with E-state index in [1.54, 1.807) is 12.4 Å². The van der Waals surface area contributed by atoms with Crippen LogP contribution in [-0.4, -0.2) is 110 Å². The summed E-state index contributed by atoms with van der Waals surface area (Å²) in [5.41, 5.74) is 2.82. The molecule has 6 rings (SSSR count). The van der Waals surface area contributed by atoms with Crippen LogP contribution in [0.2, 0.25) is 0 Å². The molecule has 2 saturated heterocycles. The number of hydrogen-bond donors (Lipinski definition) is 1. The Labute approximate surface area is 236 Å². The highest BCUT2D eigenvalue weighted by molar-refractivity contribution is 5.85. The number of nitrogens with zero attached hydrogens (tertiary/aromatic N) is 6. The highest BCUT2D eigenvalue weighted by Crippen LogP contribution is 2.33. The number of pyridine rings is 1. The Bertz CT molecular complexity index is 1220. The largest absolute Gasteiger partial charge is 0.491 e. The topological polar surface area (TPSA) is 88.1 Å². The fraction of sp³-hybridized carbons (Fsp3) is 0.567. The number of aromatic nitrogens is 3. The molecule has 0 atom stereocenters. The molecule has 1 saturated carbocycles. The first-order chi connectivity index (χ1) is 19.7. The molecule has 3 aliphatic rings. The first kappa shape index (κ1) is 27.0. The van der Waals surface area contributed by atoms with Crippen molar-refractivity contribution in [2.45, 2.75) is 37.8 Å². The molecule has 10 nitrogen and oxygen atoms in total. The second kappa shape index (κ2) is 13.0. The predicted molar refractivity (Wildman–Crippen MR) is 157 cm³/mol. The van der Waals surface area contributed by atoms with Crippen LogP contribution in [0.3, 0.4) is 0 Å². The fourth-order valence-corrected chi connectivity index (χ4v) is 5.75. The molecular formula is C30H41N7O3. The van der Waals surface area contributed by atoms with Crippen LogP contribution in [-0.2, 0) is 4.74 Å². The van der Waals surface area contributed by atoms with Crippen LogP contribution in [0, 0.1) is 0 Å². The summed E-state index contributed by atoms with van der Waals surface area (Å²) in [6.07, 6.45) is 9.49. The maximum absolute atomic E-state index is 6.57. The van der Waals surface area contributed by atoms with Crippen molar-refractivity contribution in [1.82, 2.24) is 24.8 Å². The zero-order valence-electron chi connectivity index (χ0n) is 23.5. The lowest BCUT2D eigenvalue weighted by Gasteiger charge is -2.32. The summed E-state index contributed by atoms with van der Waals surface area (Å²) in [6.45, 7) is 9.37. The number of fused-ring (bicyclic) bond motifs is 1. The third kappa shape index (κ3) is 6.92. The Balaban J connectivity index is 0.983. The number of morpholine rings is 1. The highest BCUT2D eigenvalue weighted by atomic mass is 16.5. The van der Waals surface area contributed by atoms with Gasteiger partial charge in [0.15, 0.2) is 0 Å². The van der Waals surface area contributed by atoms with E-state index in [2.05, 4.69) is 54.1 Å². The van der Waals surface area contributed by atoms with E-state index in [1.807, 2.05) is 18.3 Å². The van der Waals surface area contributed by atoms with Gasteiger partial charge in [-0.1, -0.05) is 0 Å². The molecule has 1 N–H and O–H groups in total. The van der Waals surface area contributed by atoms with Gasteiger partial charge in [0.1, 0.15) is 29.4 Å². The summed E-state index contributed by atoms with van der Waals surface area (Å²) in [5, 5.41) is 3.61. The number of ether oxygens (including phenoxy) is 3. The van der Waals surface area contributed by atoms with Gasteiger partial charge >= 0.3 is 0 Å². The van der Waals surface area contributed by atoms with Gasteiger partial charge < -0.3 is 29.3 Å². The number of piperazine rings is 1. The first-order valence-electron chi connectivity index (χ1n) is 14.7. The normalized spacial score (nSPS) is 22.8. The summed E-state index contributed by atoms with van der Waals surface area (Å²) in [6, 6.07) is 8.66. The molecule has 0 unspecified atom stereocenters. The maximum atomic E-state index is 6.57. The highest BCUT2D eigenvalue weighted by Gasteiger charge is 2.24. The smallest absolute Gasteiger partial charge is 0.149 e. The number of benzene rings is 1. The van der Waals surface area contributed by atoms with Gasteiger partial charge in [-0.2, -0.15) is 0 Å². The summed E-state index contributed by atoms with van der Waals surface area (Å²) >= 11 is 0. The van der Waals surface area contributed by atoms with Crippen molar-refractivity contribution < 1.29 is 14.2 Å². The van der Waals surface area contributed by atoms with Gasteiger partial charge in [-0.25, -0.2) is 9.97 Å². The summed E-state index contributed by atoms with van der Waals surface area (Å²) in [5.74, 6) is 2.55. The minimum absolute atomic E-state index is 0.159. The van der Waals surface area contributed by atoms with E-state index in [-0.39, 0.29) is 6.10 Å². The molecular weight excluding hydrogens is 506 g/mol. The van der Waals surface area contributed by atoms with E-state index < -0.39 is 0 Å². The lowest BCUT2D eigenvalue weighted by atomic mass is 9.93. The van der Waals surface area contributed by atoms with Crippen LogP contribution in [0.25, 0.3) is 11.0 Å². The monoisotopic (exact) mass is 547 g/mol. The van der Waals surface area contributed by atoms with Gasteiger partial charge in [-0.05, 0) is 50.9 Å². The van der Waals surface area contributed by atoms with E-state index in [4.69, 9.17) is 14.2 Å². The Morgan fingerprint density at radius 1 is 0.925 bits per heavy atom. The van der Waals surface area contributed by atoms with E-state index >= 15 is 0 Å². The molecule has 0 amide bonds. The molecule has 3 fully saturated rings.